The molecule has 4 heteroatoms. The molecule has 0 fully saturated rings. The molecule has 1 amide bonds. The summed E-state index contributed by atoms with van der Waals surface area (Å²) in [5, 5.41) is 13.4. The molecular formula is C14H19NO2S. The molecule has 1 aromatic heterocycles. The summed E-state index contributed by atoms with van der Waals surface area (Å²) in [6, 6.07) is 1.92. The van der Waals surface area contributed by atoms with Crippen molar-refractivity contribution in [1.29, 1.82) is 0 Å². The van der Waals surface area contributed by atoms with Gasteiger partial charge in [0.1, 0.15) is 6.61 Å². The third kappa shape index (κ3) is 4.17. The van der Waals surface area contributed by atoms with Crippen LogP contribution in [-0.2, 0) is 0 Å². The van der Waals surface area contributed by atoms with Crippen LogP contribution in [-0.4, -0.2) is 23.7 Å². The minimum Gasteiger partial charge on any atom is -0.384 e. The zero-order valence-electron chi connectivity index (χ0n) is 11.0. The number of nitrogens with one attached hydrogen (secondary N) is 1. The molecule has 0 aliphatic heterocycles. The molecule has 0 aliphatic rings. The fourth-order valence-corrected chi connectivity index (χ4v) is 2.19. The van der Waals surface area contributed by atoms with E-state index >= 15 is 0 Å². The van der Waals surface area contributed by atoms with Crippen LogP contribution in [0, 0.1) is 17.8 Å². The van der Waals surface area contributed by atoms with Crippen LogP contribution in [0.15, 0.2) is 11.4 Å². The van der Waals surface area contributed by atoms with E-state index in [-0.39, 0.29) is 18.6 Å². The van der Waals surface area contributed by atoms with Gasteiger partial charge in [-0.15, -0.1) is 11.3 Å². The number of hydrogen-bond acceptors (Lipinski definition) is 3. The largest absolute Gasteiger partial charge is 0.384 e. The molecule has 0 aromatic carbocycles. The van der Waals surface area contributed by atoms with Gasteiger partial charge in [-0.1, -0.05) is 32.1 Å². The van der Waals surface area contributed by atoms with Crippen LogP contribution in [0.3, 0.4) is 0 Å². The molecule has 0 saturated heterocycles. The second kappa shape index (κ2) is 7.20. The molecule has 0 radical (unpaired) electrons. The van der Waals surface area contributed by atoms with Gasteiger partial charge in [-0.05, 0) is 18.9 Å². The first-order valence-electron chi connectivity index (χ1n) is 6.07. The number of aliphatic hydroxyl groups is 1. The van der Waals surface area contributed by atoms with Gasteiger partial charge in [-0.3, -0.25) is 4.79 Å². The van der Waals surface area contributed by atoms with Gasteiger partial charge in [0.25, 0.3) is 5.91 Å². The first-order valence-corrected chi connectivity index (χ1v) is 6.95. The van der Waals surface area contributed by atoms with E-state index in [0.717, 1.165) is 11.3 Å². The van der Waals surface area contributed by atoms with E-state index in [9.17, 15) is 4.79 Å². The molecule has 3 nitrogen and oxygen atoms in total. The summed E-state index contributed by atoms with van der Waals surface area (Å²) < 4.78 is 0. The van der Waals surface area contributed by atoms with Crippen LogP contribution in [0.4, 0.5) is 0 Å². The standard InChI is InChI=1S/C14H19NO2S/c1-4-10(2)11(3)15-14(17)12-8-13(18-9-12)6-5-7-16/h8-11,16H,4,7H2,1-3H3,(H,15,17). The number of carbonyl (C=O) groups is 1. The summed E-state index contributed by atoms with van der Waals surface area (Å²) in [5.41, 5.74) is 0.636. The van der Waals surface area contributed by atoms with Crippen LogP contribution in [0.5, 0.6) is 0 Å². The molecule has 2 unspecified atom stereocenters. The van der Waals surface area contributed by atoms with Crippen molar-refractivity contribution in [2.24, 2.45) is 5.92 Å². The van der Waals surface area contributed by atoms with Crippen LogP contribution < -0.4 is 5.32 Å². The Labute approximate surface area is 112 Å². The summed E-state index contributed by atoms with van der Waals surface area (Å²) in [4.78, 5) is 12.8. The van der Waals surface area contributed by atoms with Gasteiger partial charge >= 0.3 is 0 Å². The van der Waals surface area contributed by atoms with E-state index < -0.39 is 0 Å². The lowest BCUT2D eigenvalue weighted by atomic mass is 10.0. The zero-order valence-corrected chi connectivity index (χ0v) is 11.8. The third-order valence-electron chi connectivity index (χ3n) is 3.01. The molecule has 1 rings (SSSR count). The van der Waals surface area contributed by atoms with Gasteiger partial charge in [0.2, 0.25) is 0 Å². The lowest BCUT2D eigenvalue weighted by Gasteiger charge is -2.19. The van der Waals surface area contributed by atoms with Crippen molar-refractivity contribution in [2.75, 3.05) is 6.61 Å². The Morgan fingerprint density at radius 1 is 1.56 bits per heavy atom. The number of carbonyl (C=O) groups excluding carboxylic acids is 1. The quantitative estimate of drug-likeness (QED) is 0.820. The van der Waals surface area contributed by atoms with E-state index in [1.165, 1.54) is 11.3 Å². The Morgan fingerprint density at radius 2 is 2.28 bits per heavy atom. The summed E-state index contributed by atoms with van der Waals surface area (Å²) >= 11 is 1.41. The Kier molecular flexibility index (Phi) is 5.90. The Balaban J connectivity index is 2.64. The Morgan fingerprint density at radius 3 is 2.89 bits per heavy atom. The zero-order chi connectivity index (χ0) is 13.5. The van der Waals surface area contributed by atoms with Gasteiger partial charge in [0.05, 0.1) is 10.4 Å². The van der Waals surface area contributed by atoms with E-state index in [1.54, 1.807) is 11.4 Å². The van der Waals surface area contributed by atoms with Crippen molar-refractivity contribution in [2.45, 2.75) is 33.2 Å². The highest BCUT2D eigenvalue weighted by atomic mass is 32.1. The summed E-state index contributed by atoms with van der Waals surface area (Å²) in [7, 11) is 0. The topological polar surface area (TPSA) is 49.3 Å². The van der Waals surface area contributed by atoms with Crippen LogP contribution in [0.25, 0.3) is 0 Å². The van der Waals surface area contributed by atoms with Gasteiger partial charge < -0.3 is 10.4 Å². The maximum absolute atomic E-state index is 12.0. The summed E-state index contributed by atoms with van der Waals surface area (Å²) in [5.74, 6) is 5.76. The number of amides is 1. The van der Waals surface area contributed by atoms with Crippen LogP contribution in [0.2, 0.25) is 0 Å². The molecule has 2 atom stereocenters. The summed E-state index contributed by atoms with van der Waals surface area (Å²) in [6.45, 7) is 6.09. The third-order valence-corrected chi connectivity index (χ3v) is 3.85. The highest BCUT2D eigenvalue weighted by Gasteiger charge is 2.15. The van der Waals surface area contributed by atoms with Gasteiger partial charge in [0, 0.05) is 11.4 Å². The Bertz CT molecular complexity index is 456. The second-order valence-corrected chi connectivity index (χ2v) is 5.22. The van der Waals surface area contributed by atoms with Gasteiger partial charge in [-0.25, -0.2) is 0 Å². The number of hydrogen-bond donors (Lipinski definition) is 2. The monoisotopic (exact) mass is 265 g/mol. The normalized spacial score (nSPS) is 13.3. The predicted molar refractivity (Wildman–Crippen MR) is 74.7 cm³/mol. The highest BCUT2D eigenvalue weighted by Crippen LogP contribution is 2.14. The van der Waals surface area contributed by atoms with Gasteiger partial charge in [0.15, 0.2) is 0 Å². The maximum atomic E-state index is 12.0. The molecule has 1 aromatic rings. The predicted octanol–water partition coefficient (Wildman–Crippen LogP) is 2.26. The van der Waals surface area contributed by atoms with E-state index in [0.29, 0.717) is 11.5 Å². The minimum absolute atomic E-state index is 0.0592. The fraction of sp³-hybridized carbons (Fsp3) is 0.500. The highest BCUT2D eigenvalue weighted by molar-refractivity contribution is 7.10. The maximum Gasteiger partial charge on any atom is 0.252 e. The summed E-state index contributed by atoms with van der Waals surface area (Å²) in [6.07, 6.45) is 1.04. The fourth-order valence-electron chi connectivity index (χ4n) is 1.43. The van der Waals surface area contributed by atoms with E-state index in [4.69, 9.17) is 5.11 Å². The molecule has 98 valence electrons. The van der Waals surface area contributed by atoms with Crippen molar-refractivity contribution in [1.82, 2.24) is 5.32 Å². The van der Waals surface area contributed by atoms with Crippen LogP contribution in [0.1, 0.15) is 42.4 Å². The van der Waals surface area contributed by atoms with Crippen molar-refractivity contribution in [3.63, 3.8) is 0 Å². The SMILES string of the molecule is CCC(C)C(C)NC(=O)c1csc(C#CCO)c1. The smallest absolute Gasteiger partial charge is 0.252 e. The van der Waals surface area contributed by atoms with E-state index in [2.05, 4.69) is 31.0 Å². The van der Waals surface area contributed by atoms with Crippen molar-refractivity contribution in [3.8, 4) is 11.8 Å². The molecular weight excluding hydrogens is 246 g/mol. The Hall–Kier alpha value is -1.31. The molecule has 0 saturated carbocycles. The first-order chi connectivity index (χ1) is 8.58. The van der Waals surface area contributed by atoms with Crippen molar-refractivity contribution < 1.29 is 9.90 Å². The van der Waals surface area contributed by atoms with Crippen molar-refractivity contribution >= 4 is 17.2 Å². The molecule has 2 N–H and O–H groups in total. The lowest BCUT2D eigenvalue weighted by molar-refractivity contribution is 0.0928. The van der Waals surface area contributed by atoms with Crippen molar-refractivity contribution in [3.05, 3.63) is 21.9 Å². The average Bonchev–Trinajstić information content (AvgIpc) is 2.83. The molecule has 1 heterocycles. The molecule has 0 spiro atoms. The first kappa shape index (κ1) is 14.7. The molecule has 0 aliphatic carbocycles. The number of aliphatic hydroxyl groups excluding tert-OH is 1. The minimum atomic E-state index is -0.162. The average molecular weight is 265 g/mol. The molecule has 0 bridgehead atoms. The number of thiophene rings is 1. The van der Waals surface area contributed by atoms with Crippen LogP contribution >= 0.6 is 11.3 Å². The second-order valence-electron chi connectivity index (χ2n) is 4.31. The van der Waals surface area contributed by atoms with E-state index in [1.807, 2.05) is 6.92 Å². The lowest BCUT2D eigenvalue weighted by Crippen LogP contribution is -2.36. The molecule has 18 heavy (non-hydrogen) atoms. The number of rotatable bonds is 4. The van der Waals surface area contributed by atoms with Gasteiger partial charge in [-0.2, -0.15) is 0 Å².